The van der Waals surface area contributed by atoms with Crippen molar-refractivity contribution in [2.45, 2.75) is 0 Å². The van der Waals surface area contributed by atoms with Gasteiger partial charge in [-0.1, -0.05) is 0 Å². The Balaban J connectivity index is 0. The summed E-state index contributed by atoms with van der Waals surface area (Å²) in [4.78, 5) is 0. The minimum Gasteiger partial charge on any atom is -0.283 e. The number of halogens is 1. The fourth-order valence-electron chi connectivity index (χ4n) is 0. The van der Waals surface area contributed by atoms with Crippen LogP contribution in [-0.2, 0) is 9.74 Å². The first kappa shape index (κ1) is 9.80. The van der Waals surface area contributed by atoms with Crippen molar-refractivity contribution in [1.29, 1.82) is 0 Å². The van der Waals surface area contributed by atoms with E-state index in [2.05, 4.69) is 0 Å². The first-order valence-corrected chi connectivity index (χ1v) is 3.67. The highest BCUT2D eigenvalue weighted by Gasteiger charge is 1.81. The second-order valence-electron chi connectivity index (χ2n) is 0.515. The molecular weight excluding hydrogens is 146 g/mol. The zero-order valence-corrected chi connectivity index (χ0v) is 5.45. The van der Waals surface area contributed by atoms with Gasteiger partial charge >= 0.3 is 0 Å². The summed E-state index contributed by atoms with van der Waals surface area (Å²) in [6, 6.07) is 0. The molecule has 3 nitrogen and oxygen atoms in total. The molecular formula is H4ClO3PS. The topological polar surface area (TPSA) is 54.4 Å². The average molecular weight is 151 g/mol. The van der Waals surface area contributed by atoms with Crippen LogP contribution in [0.2, 0.25) is 0 Å². The van der Waals surface area contributed by atoms with Crippen LogP contribution in [-0.4, -0.2) is 13.0 Å². The molecule has 0 amide bonds. The van der Waals surface area contributed by atoms with E-state index in [9.17, 15) is 0 Å². The molecule has 0 aromatic heterocycles. The largest absolute Gasteiger partial charge is 0.283 e. The fraction of sp³-hybridized carbons (Fsp3) is 0. The Bertz CT molecular complexity index is 94.0. The molecule has 0 bridgehead atoms. The molecule has 0 radical (unpaired) electrons. The van der Waals surface area contributed by atoms with Crippen molar-refractivity contribution in [3.05, 3.63) is 0 Å². The van der Waals surface area contributed by atoms with Gasteiger partial charge in [-0.25, -0.2) is 0 Å². The molecule has 0 aromatic rings. The molecule has 1 unspecified atom stereocenters. The molecule has 0 fully saturated rings. The third-order valence-corrected chi connectivity index (χ3v) is 0. The molecule has 1 atom stereocenters. The molecule has 0 heterocycles. The molecule has 6 heteroatoms. The van der Waals surface area contributed by atoms with Crippen LogP contribution in [0.3, 0.4) is 0 Å². The van der Waals surface area contributed by atoms with Gasteiger partial charge in [0.15, 0.2) is 0 Å². The molecule has 0 rings (SSSR count). The van der Waals surface area contributed by atoms with Gasteiger partial charge < -0.3 is 0 Å². The fourth-order valence-corrected chi connectivity index (χ4v) is 0. The van der Waals surface area contributed by atoms with Crippen molar-refractivity contribution in [2.24, 2.45) is 0 Å². The van der Waals surface area contributed by atoms with E-state index >= 15 is 0 Å². The van der Waals surface area contributed by atoms with Crippen LogP contribution < -0.4 is 0 Å². The summed E-state index contributed by atoms with van der Waals surface area (Å²) in [6.07, 6.45) is 0. The summed E-state index contributed by atoms with van der Waals surface area (Å²) in [5.41, 5.74) is 0. The van der Waals surface area contributed by atoms with Gasteiger partial charge in [-0.15, -0.1) is 12.4 Å². The molecule has 0 saturated heterocycles. The van der Waals surface area contributed by atoms with Gasteiger partial charge in [0.05, 0.1) is 0 Å². The maximum atomic E-state index is 9.15. The molecule has 0 spiro atoms. The summed E-state index contributed by atoms with van der Waals surface area (Å²) in [7, 11) is -2.51. The van der Waals surface area contributed by atoms with E-state index in [1.54, 1.807) is 0 Å². The minimum absolute atomic E-state index is 0. The van der Waals surface area contributed by atoms with Crippen LogP contribution in [0.1, 0.15) is 0 Å². The van der Waals surface area contributed by atoms with Gasteiger partial charge in [0, 0.05) is 8.44 Å². The van der Waals surface area contributed by atoms with E-state index in [1.165, 1.54) is 8.44 Å². The molecule has 0 saturated carbocycles. The minimum atomic E-state index is -3.75. The van der Waals surface area contributed by atoms with E-state index in [0.717, 1.165) is 0 Å². The maximum Gasteiger partial charge on any atom is 0.275 e. The van der Waals surface area contributed by atoms with Crippen molar-refractivity contribution < 1.29 is 13.0 Å². The van der Waals surface area contributed by atoms with E-state index < -0.39 is 9.74 Å². The zero-order chi connectivity index (χ0) is 4.50. The van der Waals surface area contributed by atoms with Crippen LogP contribution in [0.15, 0.2) is 0 Å². The van der Waals surface area contributed by atoms with Gasteiger partial charge in [0.1, 0.15) is 0 Å². The van der Waals surface area contributed by atoms with Crippen LogP contribution >= 0.6 is 20.8 Å². The van der Waals surface area contributed by atoms with E-state index in [-0.39, 0.29) is 12.4 Å². The first-order valence-electron chi connectivity index (χ1n) is 0.752. The second kappa shape index (κ2) is 2.75. The lowest BCUT2D eigenvalue weighted by atomic mass is 15.9. The van der Waals surface area contributed by atoms with E-state index in [4.69, 9.17) is 13.0 Å². The lowest BCUT2D eigenvalue weighted by Crippen LogP contribution is -1.76. The van der Waals surface area contributed by atoms with Gasteiger partial charge in [0.25, 0.3) is 9.74 Å². The van der Waals surface area contributed by atoms with Gasteiger partial charge in [-0.2, -0.15) is 8.42 Å². The quantitative estimate of drug-likeness (QED) is 0.393. The normalized spacial score (nSPS) is 9.67. The van der Waals surface area contributed by atoms with Crippen LogP contribution in [0.4, 0.5) is 0 Å². The molecule has 1 N–H and O–H groups in total. The van der Waals surface area contributed by atoms with Crippen molar-refractivity contribution in [3.63, 3.8) is 0 Å². The van der Waals surface area contributed by atoms with Gasteiger partial charge in [-0.05, 0) is 0 Å². The average Bonchev–Trinajstić information content (AvgIpc) is 0.722. The highest BCUT2D eigenvalue weighted by Crippen LogP contribution is 1.89. The van der Waals surface area contributed by atoms with Gasteiger partial charge in [-0.3, -0.25) is 4.55 Å². The number of rotatable bonds is 0. The van der Waals surface area contributed by atoms with Crippen molar-refractivity contribution in [2.75, 3.05) is 0 Å². The summed E-state index contributed by atoms with van der Waals surface area (Å²) >= 11 is 0. The molecule has 0 aliphatic rings. The predicted molar refractivity (Wildman–Crippen MR) is 28.5 cm³/mol. The Morgan fingerprint density at radius 3 is 1.50 bits per heavy atom. The maximum absolute atomic E-state index is 9.15. The lowest BCUT2D eigenvalue weighted by Gasteiger charge is -1.69. The summed E-state index contributed by atoms with van der Waals surface area (Å²) in [5, 5.41) is 0. The highest BCUT2D eigenvalue weighted by molar-refractivity contribution is 8.34. The standard InChI is InChI=1S/ClH.H3O3PS/c;1-5(2,3)4/h1H;4H2,(H,1,2,3). The molecule has 0 aliphatic carbocycles. The van der Waals surface area contributed by atoms with Crippen LogP contribution in [0, 0.1) is 0 Å². The van der Waals surface area contributed by atoms with Crippen LogP contribution in [0.25, 0.3) is 0 Å². The summed E-state index contributed by atoms with van der Waals surface area (Å²) in [6.45, 7) is 0. The number of hydrogen-bond donors (Lipinski definition) is 1. The van der Waals surface area contributed by atoms with Gasteiger partial charge in [0.2, 0.25) is 0 Å². The number of hydrogen-bond acceptors (Lipinski definition) is 2. The summed E-state index contributed by atoms with van der Waals surface area (Å²) < 4.78 is 25.8. The smallest absolute Gasteiger partial charge is 0.275 e. The Morgan fingerprint density at radius 1 is 1.50 bits per heavy atom. The molecule has 0 aromatic carbocycles. The zero-order valence-electron chi connectivity index (χ0n) is 2.66. The molecule has 40 valence electrons. The Kier molecular flexibility index (Phi) is 4.49. The SMILES string of the molecule is Cl.O=S(=O)(O)P. The van der Waals surface area contributed by atoms with E-state index in [0.29, 0.717) is 0 Å². The van der Waals surface area contributed by atoms with Crippen molar-refractivity contribution >= 4 is 30.6 Å². The Labute approximate surface area is 44.2 Å². The third-order valence-electron chi connectivity index (χ3n) is 0. The van der Waals surface area contributed by atoms with Crippen LogP contribution in [0.5, 0.6) is 0 Å². The van der Waals surface area contributed by atoms with Crippen molar-refractivity contribution in [1.82, 2.24) is 0 Å². The van der Waals surface area contributed by atoms with Crippen molar-refractivity contribution in [3.8, 4) is 0 Å². The summed E-state index contributed by atoms with van der Waals surface area (Å²) in [5.74, 6) is 0. The predicted octanol–water partition coefficient (Wildman–Crippen LogP) is 0.0861. The monoisotopic (exact) mass is 150 g/mol. The highest BCUT2D eigenvalue weighted by atomic mass is 35.5. The first-order chi connectivity index (χ1) is 2.00. The lowest BCUT2D eigenvalue weighted by molar-refractivity contribution is 0.503. The third kappa shape index (κ3) is 154. The Hall–Kier alpha value is 0.630. The Morgan fingerprint density at radius 2 is 1.50 bits per heavy atom. The van der Waals surface area contributed by atoms with E-state index in [1.807, 2.05) is 0 Å². The molecule has 6 heavy (non-hydrogen) atoms. The second-order valence-corrected chi connectivity index (χ2v) is 3.33. The molecule has 0 aliphatic heterocycles.